The zero-order chi connectivity index (χ0) is 3.58. The molecule has 0 spiro atoms. The monoisotopic (exact) mass is 176 g/mol. The molecule has 48 valence electrons. The molecule has 7 heavy (non-hydrogen) atoms. The third-order valence-corrected chi connectivity index (χ3v) is 0. The summed E-state index contributed by atoms with van der Waals surface area (Å²) in [5.74, 6) is 0. The third kappa shape index (κ3) is 701. The van der Waals surface area contributed by atoms with Crippen molar-refractivity contribution in [1.29, 1.82) is 0 Å². The summed E-state index contributed by atoms with van der Waals surface area (Å²) >= 11 is 0. The molecular weight excluding hydrogens is 168 g/mol. The molecule has 0 amide bonds. The average molecular weight is 177 g/mol. The van der Waals surface area contributed by atoms with Gasteiger partial charge in [-0.3, -0.25) is 0 Å². The highest BCUT2D eigenvalue weighted by Crippen LogP contribution is 1.42. The van der Waals surface area contributed by atoms with E-state index in [1.165, 1.54) is 0 Å². The Morgan fingerprint density at radius 2 is 1.14 bits per heavy atom. The maximum Gasteiger partial charge on any atom is 0.503 e. The van der Waals surface area contributed by atoms with E-state index < -0.39 is 6.16 Å². The van der Waals surface area contributed by atoms with Crippen molar-refractivity contribution in [3.05, 3.63) is 0 Å². The first-order valence-corrected chi connectivity index (χ1v) is 0.651. The molecule has 0 fully saturated rings. The number of hydrogen-bond donors (Lipinski definition) is 4. The van der Waals surface area contributed by atoms with Crippen LogP contribution in [0.3, 0.4) is 0 Å². The molecule has 0 unspecified atom stereocenters. The molecule has 0 radical (unpaired) electrons. The summed E-state index contributed by atoms with van der Waals surface area (Å²) in [5.41, 5.74) is 0. The van der Waals surface area contributed by atoms with E-state index in [0.29, 0.717) is 0 Å². The highest BCUT2D eigenvalue weighted by molar-refractivity contribution is 8.93. The van der Waals surface area contributed by atoms with Crippen LogP contribution in [0.15, 0.2) is 0 Å². The van der Waals surface area contributed by atoms with E-state index in [4.69, 9.17) is 15.0 Å². The van der Waals surface area contributed by atoms with Crippen LogP contribution < -0.4 is 12.3 Å². The van der Waals surface area contributed by atoms with E-state index in [2.05, 4.69) is 0 Å². The van der Waals surface area contributed by atoms with Crippen molar-refractivity contribution in [3.8, 4) is 0 Å². The Labute approximate surface area is 51.3 Å². The van der Waals surface area contributed by atoms with Gasteiger partial charge in [-0.15, -0.1) is 17.0 Å². The molecule has 0 saturated carbocycles. The minimum Gasteiger partial charge on any atom is -0.450 e. The number of rotatable bonds is 0. The van der Waals surface area contributed by atoms with Crippen LogP contribution in [0.5, 0.6) is 0 Å². The Balaban J connectivity index is -0.0000000150. The molecule has 0 rings (SSSR count). The molecular formula is CH9BrN2O3. The summed E-state index contributed by atoms with van der Waals surface area (Å²) in [6.45, 7) is 0. The van der Waals surface area contributed by atoms with Gasteiger partial charge in [0.2, 0.25) is 0 Å². The van der Waals surface area contributed by atoms with Gasteiger partial charge in [-0.1, -0.05) is 0 Å². The average Bonchev–Trinajstić information content (AvgIpc) is 0.811. The van der Waals surface area contributed by atoms with Crippen molar-refractivity contribution in [2.75, 3.05) is 0 Å². The minimum atomic E-state index is -1.83. The van der Waals surface area contributed by atoms with Gasteiger partial charge >= 0.3 is 6.16 Å². The van der Waals surface area contributed by atoms with Gasteiger partial charge in [-0.05, 0) is 0 Å². The van der Waals surface area contributed by atoms with Crippen molar-refractivity contribution in [3.63, 3.8) is 0 Å². The molecule has 6 heteroatoms. The van der Waals surface area contributed by atoms with E-state index in [0.717, 1.165) is 0 Å². The molecule has 5 nitrogen and oxygen atoms in total. The van der Waals surface area contributed by atoms with Gasteiger partial charge in [-0.25, -0.2) is 4.79 Å². The maximum absolute atomic E-state index is 8.56. The van der Waals surface area contributed by atoms with E-state index in [-0.39, 0.29) is 29.3 Å². The topological polar surface area (TPSA) is 128 Å². The van der Waals surface area contributed by atoms with E-state index >= 15 is 0 Å². The van der Waals surface area contributed by atoms with Crippen LogP contribution in [-0.4, -0.2) is 16.4 Å². The van der Waals surface area contributed by atoms with Gasteiger partial charge in [0.25, 0.3) is 0 Å². The number of halogens is 1. The maximum atomic E-state index is 8.56. The lowest BCUT2D eigenvalue weighted by atomic mass is 11.5. The molecule has 8 N–H and O–H groups in total. The van der Waals surface area contributed by atoms with Gasteiger partial charge in [-0.2, -0.15) is 0 Å². The SMILES string of the molecule is Br.N.N.O=C(O)O. The van der Waals surface area contributed by atoms with Crippen molar-refractivity contribution in [2.45, 2.75) is 0 Å². The molecule has 0 aromatic carbocycles. The highest BCUT2D eigenvalue weighted by atomic mass is 79.9. The molecule has 0 aliphatic rings. The van der Waals surface area contributed by atoms with Gasteiger partial charge in [0.05, 0.1) is 0 Å². The quantitative estimate of drug-likeness (QED) is 0.440. The van der Waals surface area contributed by atoms with Crippen LogP contribution in [0.2, 0.25) is 0 Å². The fourth-order valence-electron chi connectivity index (χ4n) is 0. The second-order valence-corrected chi connectivity index (χ2v) is 0.283. The Morgan fingerprint density at radius 1 is 1.14 bits per heavy atom. The lowest BCUT2D eigenvalue weighted by molar-refractivity contribution is 0.137. The second kappa shape index (κ2) is 17.3. The van der Waals surface area contributed by atoms with Crippen LogP contribution >= 0.6 is 17.0 Å². The normalized spacial score (nSPS) is 3.43. The van der Waals surface area contributed by atoms with Crippen molar-refractivity contribution >= 4 is 23.1 Å². The number of carbonyl (C=O) groups is 1. The van der Waals surface area contributed by atoms with Crippen molar-refractivity contribution in [2.24, 2.45) is 0 Å². The summed E-state index contributed by atoms with van der Waals surface area (Å²) in [6, 6.07) is 0. The third-order valence-electron chi connectivity index (χ3n) is 0. The van der Waals surface area contributed by atoms with Crippen LogP contribution in [-0.2, 0) is 0 Å². The van der Waals surface area contributed by atoms with Crippen LogP contribution in [0.4, 0.5) is 4.79 Å². The van der Waals surface area contributed by atoms with Crippen LogP contribution in [0, 0.1) is 0 Å². The highest BCUT2D eigenvalue weighted by Gasteiger charge is 1.70. The summed E-state index contributed by atoms with van der Waals surface area (Å²) < 4.78 is 0. The fraction of sp³-hybridized carbons (Fsp3) is 0. The van der Waals surface area contributed by atoms with Gasteiger partial charge in [0.15, 0.2) is 0 Å². The molecule has 0 atom stereocenters. The summed E-state index contributed by atoms with van der Waals surface area (Å²) in [4.78, 5) is 8.56. The molecule has 0 saturated heterocycles. The first kappa shape index (κ1) is 30.1. The molecule has 0 heterocycles. The zero-order valence-electron chi connectivity index (χ0n) is 3.63. The molecule has 0 bridgehead atoms. The molecule has 0 aromatic rings. The number of carboxylic acid groups (broad SMARTS) is 2. The smallest absolute Gasteiger partial charge is 0.450 e. The van der Waals surface area contributed by atoms with E-state index in [1.54, 1.807) is 0 Å². The fourth-order valence-corrected chi connectivity index (χ4v) is 0. The predicted molar refractivity (Wildman–Crippen MR) is 31.0 cm³/mol. The Kier molecular flexibility index (Phi) is 74.5. The van der Waals surface area contributed by atoms with E-state index in [1.807, 2.05) is 0 Å². The summed E-state index contributed by atoms with van der Waals surface area (Å²) in [5, 5.41) is 13.9. The van der Waals surface area contributed by atoms with Gasteiger partial charge in [0, 0.05) is 0 Å². The first-order valence-electron chi connectivity index (χ1n) is 0.651. The van der Waals surface area contributed by atoms with Crippen molar-refractivity contribution < 1.29 is 15.0 Å². The largest absolute Gasteiger partial charge is 0.503 e. The minimum absolute atomic E-state index is 0. The number of hydrogen-bond acceptors (Lipinski definition) is 3. The molecule has 0 aromatic heterocycles. The van der Waals surface area contributed by atoms with Crippen molar-refractivity contribution in [1.82, 2.24) is 12.3 Å². The van der Waals surface area contributed by atoms with Gasteiger partial charge < -0.3 is 22.5 Å². The second-order valence-electron chi connectivity index (χ2n) is 0.283. The lowest BCUT2D eigenvalue weighted by Crippen LogP contribution is -1.81. The lowest BCUT2D eigenvalue weighted by Gasteiger charge is -1.60. The molecule has 0 aliphatic carbocycles. The first-order chi connectivity index (χ1) is 1.73. The van der Waals surface area contributed by atoms with Crippen LogP contribution in [0.1, 0.15) is 0 Å². The zero-order valence-corrected chi connectivity index (χ0v) is 5.34. The Bertz CT molecular complexity index is 35.9. The summed E-state index contributed by atoms with van der Waals surface area (Å²) in [7, 11) is 0. The van der Waals surface area contributed by atoms with Gasteiger partial charge in [0.1, 0.15) is 0 Å². The van der Waals surface area contributed by atoms with Crippen LogP contribution in [0.25, 0.3) is 0 Å². The Hall–Kier alpha value is -0.330. The predicted octanol–water partition coefficient (Wildman–Crippen LogP) is 1.12. The summed E-state index contributed by atoms with van der Waals surface area (Å²) in [6.07, 6.45) is -1.83. The Morgan fingerprint density at radius 3 is 1.14 bits per heavy atom. The van der Waals surface area contributed by atoms with E-state index in [9.17, 15) is 0 Å². The standard InChI is InChI=1S/CH2O3.BrH.2H3N/c2-1(3)4;;;/h(H2,2,3,4);1H;2*1H3. The molecule has 0 aliphatic heterocycles.